The number of carbonyl (C=O) groups excluding carboxylic acids is 1. The van der Waals surface area contributed by atoms with Gasteiger partial charge in [-0.05, 0) is 50.6 Å². The molecule has 3 rings (SSSR count). The van der Waals surface area contributed by atoms with Crippen molar-refractivity contribution in [2.45, 2.75) is 25.8 Å². The smallest absolute Gasteiger partial charge is 0.223 e. The van der Waals surface area contributed by atoms with Crippen LogP contribution in [-0.2, 0) is 4.79 Å². The fourth-order valence-electron chi connectivity index (χ4n) is 3.81. The van der Waals surface area contributed by atoms with Crippen molar-refractivity contribution in [2.24, 2.45) is 5.92 Å². The van der Waals surface area contributed by atoms with Crippen molar-refractivity contribution in [3.05, 3.63) is 54.1 Å². The number of likely N-dealkylation sites (tertiary alicyclic amines) is 1. The Bertz CT molecular complexity index is 782. The van der Waals surface area contributed by atoms with Gasteiger partial charge < -0.3 is 19.5 Å². The largest absolute Gasteiger partial charge is 0.493 e. The maximum Gasteiger partial charge on any atom is 0.223 e. The maximum atomic E-state index is 12.6. The molecule has 0 bridgehead atoms. The number of para-hydroxylation sites is 1. The number of carbonyl (C=O) groups is 1. The second-order valence-corrected chi connectivity index (χ2v) is 7.60. The molecule has 1 heterocycles. The van der Waals surface area contributed by atoms with Crippen molar-refractivity contribution >= 4 is 5.91 Å². The number of piperidine rings is 1. The molecule has 0 aromatic heterocycles. The highest BCUT2D eigenvalue weighted by Gasteiger charge is 2.26. The number of ether oxygens (including phenoxy) is 3. The summed E-state index contributed by atoms with van der Waals surface area (Å²) in [4.78, 5) is 15.0. The third-order valence-electron chi connectivity index (χ3n) is 5.65. The number of methoxy groups -OCH3 is 2. The maximum absolute atomic E-state index is 12.6. The van der Waals surface area contributed by atoms with E-state index >= 15 is 0 Å². The van der Waals surface area contributed by atoms with Crippen LogP contribution in [0.3, 0.4) is 0 Å². The predicted octanol–water partition coefficient (Wildman–Crippen LogP) is 3.67. The summed E-state index contributed by atoms with van der Waals surface area (Å²) in [5.41, 5.74) is 1.13. The Morgan fingerprint density at radius 1 is 1.03 bits per heavy atom. The molecule has 0 aliphatic carbocycles. The molecule has 0 radical (unpaired) electrons. The number of benzene rings is 2. The van der Waals surface area contributed by atoms with Gasteiger partial charge in [-0.25, -0.2) is 0 Å². The molecule has 1 aliphatic rings. The van der Waals surface area contributed by atoms with Gasteiger partial charge in [0.15, 0.2) is 11.5 Å². The Balaban J connectivity index is 1.42. The van der Waals surface area contributed by atoms with Gasteiger partial charge in [-0.1, -0.05) is 36.4 Å². The SMILES string of the molecule is COc1cccc(OC)c1OCCN1CCC(C(=O)NC(C)c2ccccc2)CC1. The molecule has 30 heavy (non-hydrogen) atoms. The molecular formula is C24H32N2O4. The van der Waals surface area contributed by atoms with Crippen molar-refractivity contribution in [1.82, 2.24) is 10.2 Å². The van der Waals surface area contributed by atoms with Crippen LogP contribution in [0.4, 0.5) is 0 Å². The molecule has 1 atom stereocenters. The fourth-order valence-corrected chi connectivity index (χ4v) is 3.81. The number of rotatable bonds is 9. The minimum atomic E-state index is 0.0287. The average molecular weight is 413 g/mol. The van der Waals surface area contributed by atoms with Crippen LogP contribution in [0, 0.1) is 5.92 Å². The average Bonchev–Trinajstić information content (AvgIpc) is 2.80. The van der Waals surface area contributed by atoms with Crippen molar-refractivity contribution in [3.8, 4) is 17.2 Å². The molecule has 1 aliphatic heterocycles. The summed E-state index contributed by atoms with van der Waals surface area (Å²) < 4.78 is 16.7. The highest BCUT2D eigenvalue weighted by molar-refractivity contribution is 5.79. The summed E-state index contributed by atoms with van der Waals surface area (Å²) in [6.07, 6.45) is 1.73. The van der Waals surface area contributed by atoms with Gasteiger partial charge in [0.25, 0.3) is 0 Å². The Labute approximate surface area is 179 Å². The fraction of sp³-hybridized carbons (Fsp3) is 0.458. The molecule has 1 fully saturated rings. The van der Waals surface area contributed by atoms with E-state index in [0.29, 0.717) is 23.9 Å². The molecule has 2 aromatic rings. The highest BCUT2D eigenvalue weighted by atomic mass is 16.5. The molecule has 1 N–H and O–H groups in total. The number of nitrogens with zero attached hydrogens (tertiary/aromatic N) is 1. The topological polar surface area (TPSA) is 60.0 Å². The van der Waals surface area contributed by atoms with E-state index < -0.39 is 0 Å². The van der Waals surface area contributed by atoms with E-state index in [1.54, 1.807) is 14.2 Å². The summed E-state index contributed by atoms with van der Waals surface area (Å²) in [6.45, 7) is 5.16. The second kappa shape index (κ2) is 10.9. The van der Waals surface area contributed by atoms with Crippen LogP contribution in [0.5, 0.6) is 17.2 Å². The number of hydrogen-bond donors (Lipinski definition) is 1. The zero-order chi connectivity index (χ0) is 21.3. The lowest BCUT2D eigenvalue weighted by Crippen LogP contribution is -2.42. The van der Waals surface area contributed by atoms with E-state index in [1.807, 2.05) is 55.5 Å². The van der Waals surface area contributed by atoms with Crippen molar-refractivity contribution in [1.29, 1.82) is 0 Å². The first-order valence-electron chi connectivity index (χ1n) is 10.5. The first kappa shape index (κ1) is 22.0. The van der Waals surface area contributed by atoms with Gasteiger partial charge in [-0.3, -0.25) is 9.69 Å². The molecule has 0 saturated carbocycles. The van der Waals surface area contributed by atoms with Gasteiger partial charge in [-0.2, -0.15) is 0 Å². The van der Waals surface area contributed by atoms with Crippen LogP contribution in [0.1, 0.15) is 31.4 Å². The van der Waals surface area contributed by atoms with E-state index in [4.69, 9.17) is 14.2 Å². The predicted molar refractivity (Wildman–Crippen MR) is 117 cm³/mol. The third kappa shape index (κ3) is 5.66. The van der Waals surface area contributed by atoms with E-state index in [2.05, 4.69) is 10.2 Å². The lowest BCUT2D eigenvalue weighted by Gasteiger charge is -2.31. The minimum Gasteiger partial charge on any atom is -0.493 e. The van der Waals surface area contributed by atoms with Gasteiger partial charge >= 0.3 is 0 Å². The normalized spacial score (nSPS) is 16.0. The van der Waals surface area contributed by atoms with Crippen LogP contribution >= 0.6 is 0 Å². The lowest BCUT2D eigenvalue weighted by molar-refractivity contribution is -0.127. The van der Waals surface area contributed by atoms with Crippen molar-refractivity contribution in [2.75, 3.05) is 40.5 Å². The molecule has 1 unspecified atom stereocenters. The molecule has 162 valence electrons. The Kier molecular flexibility index (Phi) is 7.97. The van der Waals surface area contributed by atoms with Crippen LogP contribution < -0.4 is 19.5 Å². The van der Waals surface area contributed by atoms with E-state index in [1.165, 1.54) is 0 Å². The van der Waals surface area contributed by atoms with Gasteiger partial charge in [-0.15, -0.1) is 0 Å². The van der Waals surface area contributed by atoms with Crippen LogP contribution in [-0.4, -0.2) is 51.3 Å². The zero-order valence-corrected chi connectivity index (χ0v) is 18.1. The zero-order valence-electron chi connectivity index (χ0n) is 18.1. The molecular weight excluding hydrogens is 380 g/mol. The second-order valence-electron chi connectivity index (χ2n) is 7.60. The van der Waals surface area contributed by atoms with Crippen molar-refractivity contribution < 1.29 is 19.0 Å². The molecule has 6 nitrogen and oxygen atoms in total. The summed E-state index contributed by atoms with van der Waals surface area (Å²) in [5, 5.41) is 3.16. The van der Waals surface area contributed by atoms with E-state index in [9.17, 15) is 4.79 Å². The van der Waals surface area contributed by atoms with Crippen LogP contribution in [0.25, 0.3) is 0 Å². The van der Waals surface area contributed by atoms with Crippen LogP contribution in [0.15, 0.2) is 48.5 Å². The molecule has 0 spiro atoms. The van der Waals surface area contributed by atoms with Gasteiger partial charge in [0.05, 0.1) is 20.3 Å². The Morgan fingerprint density at radius 3 is 2.27 bits per heavy atom. The quantitative estimate of drug-likeness (QED) is 0.681. The van der Waals surface area contributed by atoms with E-state index in [0.717, 1.165) is 38.0 Å². The number of amides is 1. The first-order valence-corrected chi connectivity index (χ1v) is 10.5. The number of nitrogens with one attached hydrogen (secondary N) is 1. The van der Waals surface area contributed by atoms with E-state index in [-0.39, 0.29) is 17.9 Å². The molecule has 1 saturated heterocycles. The summed E-state index contributed by atoms with van der Waals surface area (Å²) >= 11 is 0. The van der Waals surface area contributed by atoms with Gasteiger partial charge in [0.1, 0.15) is 6.61 Å². The van der Waals surface area contributed by atoms with Crippen LogP contribution in [0.2, 0.25) is 0 Å². The first-order chi connectivity index (χ1) is 14.6. The molecule has 6 heteroatoms. The van der Waals surface area contributed by atoms with Gasteiger partial charge in [0, 0.05) is 12.5 Å². The van der Waals surface area contributed by atoms with Gasteiger partial charge in [0.2, 0.25) is 11.7 Å². The summed E-state index contributed by atoms with van der Waals surface area (Å²) in [5.74, 6) is 2.19. The summed E-state index contributed by atoms with van der Waals surface area (Å²) in [6, 6.07) is 15.7. The monoisotopic (exact) mass is 412 g/mol. The molecule has 2 aromatic carbocycles. The minimum absolute atomic E-state index is 0.0287. The highest BCUT2D eigenvalue weighted by Crippen LogP contribution is 2.36. The standard InChI is InChI=1S/C24H32N2O4/c1-18(19-8-5-4-6-9-19)25-24(27)20-12-14-26(15-13-20)16-17-30-23-21(28-2)10-7-11-22(23)29-3/h4-11,18,20H,12-17H2,1-3H3,(H,25,27). The molecule has 1 amide bonds. The summed E-state index contributed by atoms with van der Waals surface area (Å²) in [7, 11) is 3.24. The third-order valence-corrected chi connectivity index (χ3v) is 5.65. The lowest BCUT2D eigenvalue weighted by atomic mass is 9.95. The van der Waals surface area contributed by atoms with Crippen molar-refractivity contribution in [3.63, 3.8) is 0 Å². The Morgan fingerprint density at radius 2 is 1.67 bits per heavy atom. The Hall–Kier alpha value is -2.73. The number of hydrogen-bond acceptors (Lipinski definition) is 5.